The number of para-hydroxylation sites is 1. The van der Waals surface area contributed by atoms with Gasteiger partial charge < -0.3 is 30.2 Å². The number of aromatic amines is 1. The Kier molecular flexibility index (Phi) is 12.3. The molecule has 5 aromatic rings. The number of rotatable bonds is 13. The molecule has 2 atom stereocenters. The molecule has 64 heavy (non-hydrogen) atoms. The molecule has 2 unspecified atom stereocenters. The average Bonchev–Trinajstić information content (AvgIpc) is 3.85. The van der Waals surface area contributed by atoms with E-state index < -0.39 is 29.7 Å². The lowest BCUT2D eigenvalue weighted by Crippen LogP contribution is -2.54. The van der Waals surface area contributed by atoms with Crippen molar-refractivity contribution in [2.75, 3.05) is 69.2 Å². The summed E-state index contributed by atoms with van der Waals surface area (Å²) < 4.78 is 5.70. The lowest BCUT2D eigenvalue weighted by molar-refractivity contribution is -0.136. The second-order valence-corrected chi connectivity index (χ2v) is 16.8. The molecule has 6 amide bonds. The van der Waals surface area contributed by atoms with Gasteiger partial charge in [0.15, 0.2) is 6.61 Å². The van der Waals surface area contributed by atoms with E-state index in [9.17, 15) is 28.8 Å². The molecule has 0 radical (unpaired) electrons. The molecule has 4 aliphatic rings. The van der Waals surface area contributed by atoms with Gasteiger partial charge in [0, 0.05) is 92.2 Å². The Hall–Kier alpha value is -6.85. The maximum absolute atomic E-state index is 13.7. The monoisotopic (exact) mass is 886 g/mol. The summed E-state index contributed by atoms with van der Waals surface area (Å²) in [5.41, 5.74) is 4.34. The normalized spacial score (nSPS) is 19.2. The highest BCUT2D eigenvalue weighted by atomic mass is 35.5. The third kappa shape index (κ3) is 8.85. The Balaban J connectivity index is 0.696. The fourth-order valence-electron chi connectivity index (χ4n) is 8.91. The summed E-state index contributed by atoms with van der Waals surface area (Å²) in [5, 5.41) is 9.97. The van der Waals surface area contributed by atoms with Crippen molar-refractivity contribution in [3.63, 3.8) is 0 Å². The number of aromatic nitrogens is 3. The van der Waals surface area contributed by atoms with Crippen molar-refractivity contribution in [2.45, 2.75) is 44.2 Å². The minimum atomic E-state index is -1.09. The second kappa shape index (κ2) is 18.5. The zero-order valence-corrected chi connectivity index (χ0v) is 35.7. The van der Waals surface area contributed by atoms with E-state index in [0.717, 1.165) is 79.0 Å². The van der Waals surface area contributed by atoms with E-state index in [1.807, 2.05) is 59.6 Å². The molecule has 330 valence electrons. The van der Waals surface area contributed by atoms with Crippen LogP contribution >= 0.6 is 11.6 Å². The van der Waals surface area contributed by atoms with Gasteiger partial charge in [0.25, 0.3) is 23.6 Å². The molecule has 0 aliphatic carbocycles. The summed E-state index contributed by atoms with van der Waals surface area (Å²) in [6, 6.07) is 19.2. The summed E-state index contributed by atoms with van der Waals surface area (Å²) in [5.74, 6) is -2.32. The van der Waals surface area contributed by atoms with Gasteiger partial charge in [-0.15, -0.1) is 0 Å². The summed E-state index contributed by atoms with van der Waals surface area (Å²) in [4.78, 5) is 96.7. The number of hydrogen-bond donors (Lipinski definition) is 4. The van der Waals surface area contributed by atoms with Gasteiger partial charge in [-0.1, -0.05) is 35.9 Å². The number of likely N-dealkylation sites (tertiary alicyclic amines) is 1. The predicted molar refractivity (Wildman–Crippen MR) is 238 cm³/mol. The number of imide groups is 2. The smallest absolute Gasteiger partial charge is 0.266 e. The number of H-pyrrole nitrogens is 1. The van der Waals surface area contributed by atoms with Crippen molar-refractivity contribution >= 4 is 69.6 Å². The lowest BCUT2D eigenvalue weighted by Gasteiger charge is -2.36. The molecule has 3 aromatic carbocycles. The van der Waals surface area contributed by atoms with Crippen molar-refractivity contribution in [2.24, 2.45) is 0 Å². The Labute approximate surface area is 373 Å². The predicted octanol–water partition coefficient (Wildman–Crippen LogP) is 4.10. The Morgan fingerprint density at radius 1 is 0.891 bits per heavy atom. The first-order valence-corrected chi connectivity index (χ1v) is 22.0. The van der Waals surface area contributed by atoms with Gasteiger partial charge in [0.05, 0.1) is 28.0 Å². The lowest BCUT2D eigenvalue weighted by atomic mass is 10.0. The second-order valence-electron chi connectivity index (χ2n) is 16.4. The molecule has 0 saturated carbocycles. The Bertz CT molecular complexity index is 2630. The van der Waals surface area contributed by atoms with Crippen LogP contribution in [0, 0.1) is 0 Å². The van der Waals surface area contributed by atoms with Crippen LogP contribution in [0.3, 0.4) is 0 Å². The quantitative estimate of drug-likeness (QED) is 0.0976. The number of carbonyl (C=O) groups is 6. The van der Waals surface area contributed by atoms with Crippen molar-refractivity contribution in [3.8, 4) is 17.0 Å². The van der Waals surface area contributed by atoms with E-state index in [1.165, 1.54) is 12.1 Å². The average molecular weight is 887 g/mol. The third-order valence-electron chi connectivity index (χ3n) is 12.2. The van der Waals surface area contributed by atoms with Gasteiger partial charge in [0.1, 0.15) is 11.8 Å². The molecule has 18 heteroatoms. The van der Waals surface area contributed by atoms with E-state index in [2.05, 4.69) is 35.7 Å². The summed E-state index contributed by atoms with van der Waals surface area (Å²) >= 11 is 6.56. The molecule has 3 saturated heterocycles. The van der Waals surface area contributed by atoms with E-state index >= 15 is 0 Å². The summed E-state index contributed by atoms with van der Waals surface area (Å²) in [6.45, 7) is 5.42. The van der Waals surface area contributed by atoms with Crippen LogP contribution in [0.5, 0.6) is 5.75 Å². The highest BCUT2D eigenvalue weighted by Gasteiger charge is 2.46. The van der Waals surface area contributed by atoms with Crippen LogP contribution in [0.2, 0.25) is 5.02 Å². The number of amides is 6. The SMILES string of the molecule is O=C(COc1cccc2c1C(=O)N(C1CCC(=O)NC1=O)C2=O)NCCCN1CCN(c2ccc(C(=O)N3CCCC(Nc4ncc(Cl)c(-c5c[nH]c6ccccc56)n4)C3)cc2)CC1. The van der Waals surface area contributed by atoms with Gasteiger partial charge >= 0.3 is 0 Å². The molecule has 4 aliphatic heterocycles. The summed E-state index contributed by atoms with van der Waals surface area (Å²) in [6.07, 6.45) is 6.04. The number of benzene rings is 3. The number of anilines is 2. The van der Waals surface area contributed by atoms with Crippen LogP contribution in [0.1, 0.15) is 63.2 Å². The molecule has 6 heterocycles. The fourth-order valence-corrected chi connectivity index (χ4v) is 9.10. The van der Waals surface area contributed by atoms with Crippen molar-refractivity contribution in [1.29, 1.82) is 0 Å². The Morgan fingerprint density at radius 2 is 1.70 bits per heavy atom. The number of halogens is 1. The van der Waals surface area contributed by atoms with Crippen LogP contribution in [-0.4, -0.2) is 136 Å². The van der Waals surface area contributed by atoms with Gasteiger partial charge in [-0.25, -0.2) is 9.97 Å². The van der Waals surface area contributed by atoms with E-state index in [-0.39, 0.29) is 54.2 Å². The minimum absolute atomic E-state index is 0.00276. The van der Waals surface area contributed by atoms with Gasteiger partial charge in [-0.3, -0.25) is 43.9 Å². The van der Waals surface area contributed by atoms with Gasteiger partial charge in [0.2, 0.25) is 17.8 Å². The van der Waals surface area contributed by atoms with Gasteiger partial charge in [-0.05, 0) is 74.7 Å². The number of piperidine rings is 2. The first-order chi connectivity index (χ1) is 31.1. The molecule has 3 fully saturated rings. The molecule has 0 spiro atoms. The molecule has 9 rings (SSSR count). The van der Waals surface area contributed by atoms with E-state index in [4.69, 9.17) is 21.3 Å². The van der Waals surface area contributed by atoms with E-state index in [0.29, 0.717) is 41.9 Å². The molecule has 2 aromatic heterocycles. The van der Waals surface area contributed by atoms with Crippen LogP contribution in [0.25, 0.3) is 22.2 Å². The fraction of sp³-hybridized carbons (Fsp3) is 0.348. The third-order valence-corrected chi connectivity index (χ3v) is 12.5. The minimum Gasteiger partial charge on any atom is -0.483 e. The standard InChI is InChI=1S/C46H47ClN10O7/c47-34-25-50-46(53-41(34)33-24-49-35-9-2-1-7-31(33)35)51-29-6-4-19-56(26-29)43(61)28-11-13-30(14-12-28)55-22-20-54(21-23-55)18-5-17-48-39(59)27-64-37-10-3-8-32-40(37)45(63)57(44(32)62)36-15-16-38(58)52-42(36)60/h1-3,7-14,24-25,29,36,49H,4-6,15-23,26-27H2,(H,48,59)(H,50,51,53)(H,52,58,60). The number of piperazine rings is 1. The van der Waals surface area contributed by atoms with Crippen LogP contribution in [0.15, 0.2) is 79.1 Å². The van der Waals surface area contributed by atoms with Crippen molar-refractivity contribution in [3.05, 3.63) is 101 Å². The summed E-state index contributed by atoms with van der Waals surface area (Å²) in [7, 11) is 0. The molecular weight excluding hydrogens is 840 g/mol. The number of ether oxygens (including phenoxy) is 1. The van der Waals surface area contributed by atoms with Crippen molar-refractivity contribution < 1.29 is 33.5 Å². The van der Waals surface area contributed by atoms with Gasteiger partial charge in [-0.2, -0.15) is 0 Å². The molecule has 4 N–H and O–H groups in total. The number of nitrogens with zero attached hydrogens (tertiary/aromatic N) is 6. The zero-order chi connectivity index (χ0) is 44.3. The molecule has 17 nitrogen and oxygen atoms in total. The van der Waals surface area contributed by atoms with Crippen molar-refractivity contribution in [1.82, 2.24) is 40.3 Å². The topological polar surface area (TPSA) is 202 Å². The van der Waals surface area contributed by atoms with Crippen LogP contribution < -0.4 is 25.6 Å². The van der Waals surface area contributed by atoms with E-state index in [1.54, 1.807) is 12.3 Å². The maximum Gasteiger partial charge on any atom is 0.266 e. The first kappa shape index (κ1) is 42.5. The maximum atomic E-state index is 13.7. The number of fused-ring (bicyclic) bond motifs is 2. The Morgan fingerprint density at radius 3 is 2.52 bits per heavy atom. The number of nitrogens with one attached hydrogen (secondary N) is 4. The molecule has 0 bridgehead atoms. The van der Waals surface area contributed by atoms with Crippen LogP contribution in [-0.2, 0) is 14.4 Å². The zero-order valence-electron chi connectivity index (χ0n) is 35.0. The van der Waals surface area contributed by atoms with Crippen LogP contribution in [0.4, 0.5) is 11.6 Å². The molecular formula is C46H47ClN10O7. The number of carbonyl (C=O) groups excluding carboxylic acids is 6. The number of hydrogen-bond acceptors (Lipinski definition) is 12. The first-order valence-electron chi connectivity index (χ1n) is 21.6. The highest BCUT2D eigenvalue weighted by molar-refractivity contribution is 6.33. The largest absolute Gasteiger partial charge is 0.483 e. The highest BCUT2D eigenvalue weighted by Crippen LogP contribution is 2.35.